The minimum absolute atomic E-state index is 0.316. The molecule has 0 saturated heterocycles. The number of rotatable bonds is 6. The highest BCUT2D eigenvalue weighted by molar-refractivity contribution is 9.10. The van der Waals surface area contributed by atoms with E-state index in [0.717, 1.165) is 0 Å². The third-order valence-electron chi connectivity index (χ3n) is 2.58. The Morgan fingerprint density at radius 3 is 2.90 bits per heavy atom. The molecule has 1 aromatic heterocycles. The average Bonchev–Trinajstić information content (AvgIpc) is 2.89. The van der Waals surface area contributed by atoms with E-state index in [1.54, 1.807) is 31.4 Å². The van der Waals surface area contributed by atoms with E-state index in [9.17, 15) is 4.79 Å². The van der Waals surface area contributed by atoms with Crippen LogP contribution in [0.5, 0.6) is 5.75 Å². The van der Waals surface area contributed by atoms with Gasteiger partial charge in [-0.25, -0.2) is 0 Å². The third kappa shape index (κ3) is 4.23. The van der Waals surface area contributed by atoms with Crippen LogP contribution in [0.2, 0.25) is 5.02 Å². The van der Waals surface area contributed by atoms with Crippen molar-refractivity contribution < 1.29 is 18.7 Å². The second kappa shape index (κ2) is 7.49. The fourth-order valence-electron chi connectivity index (χ4n) is 1.60. The van der Waals surface area contributed by atoms with Crippen LogP contribution in [0, 0.1) is 0 Å². The zero-order valence-corrected chi connectivity index (χ0v) is 13.5. The SMILES string of the molecule is COCCOc1c(Cl)cccc1NC(=O)c1coc(Br)c1. The predicted octanol–water partition coefficient (Wildman–Crippen LogP) is 3.97. The Bertz CT molecular complexity index is 629. The minimum atomic E-state index is -0.316. The molecular weight excluding hydrogens is 362 g/mol. The first-order valence-electron chi connectivity index (χ1n) is 6.07. The van der Waals surface area contributed by atoms with Crippen molar-refractivity contribution in [2.75, 3.05) is 25.6 Å². The minimum Gasteiger partial charge on any atom is -0.487 e. The van der Waals surface area contributed by atoms with Crippen LogP contribution in [0.1, 0.15) is 10.4 Å². The van der Waals surface area contributed by atoms with Crippen molar-refractivity contribution in [3.05, 3.63) is 45.8 Å². The molecule has 0 radical (unpaired) electrons. The van der Waals surface area contributed by atoms with E-state index in [0.29, 0.717) is 39.9 Å². The first-order valence-corrected chi connectivity index (χ1v) is 7.24. The number of nitrogens with one attached hydrogen (secondary N) is 1. The Hall–Kier alpha value is -1.50. The van der Waals surface area contributed by atoms with Crippen LogP contribution >= 0.6 is 27.5 Å². The molecule has 1 amide bonds. The number of hydrogen-bond donors (Lipinski definition) is 1. The van der Waals surface area contributed by atoms with Gasteiger partial charge in [0.15, 0.2) is 10.4 Å². The number of benzene rings is 1. The topological polar surface area (TPSA) is 60.7 Å². The maximum atomic E-state index is 12.1. The van der Waals surface area contributed by atoms with Crippen LogP contribution in [-0.2, 0) is 4.74 Å². The van der Waals surface area contributed by atoms with Gasteiger partial charge in [-0.05, 0) is 28.1 Å². The lowest BCUT2D eigenvalue weighted by Crippen LogP contribution is -2.13. The summed E-state index contributed by atoms with van der Waals surface area (Å²) < 4.78 is 16.0. The number of methoxy groups -OCH3 is 1. The highest BCUT2D eigenvalue weighted by atomic mass is 79.9. The molecule has 2 aromatic rings. The van der Waals surface area contributed by atoms with Crippen molar-refractivity contribution in [2.45, 2.75) is 0 Å². The number of hydrogen-bond acceptors (Lipinski definition) is 4. The van der Waals surface area contributed by atoms with E-state index < -0.39 is 0 Å². The van der Waals surface area contributed by atoms with Crippen LogP contribution in [0.3, 0.4) is 0 Å². The van der Waals surface area contributed by atoms with Gasteiger partial charge in [0.25, 0.3) is 5.91 Å². The van der Waals surface area contributed by atoms with Crippen molar-refractivity contribution in [2.24, 2.45) is 0 Å². The summed E-state index contributed by atoms with van der Waals surface area (Å²) in [6.45, 7) is 0.758. The molecule has 1 N–H and O–H groups in total. The van der Waals surface area contributed by atoms with Crippen molar-refractivity contribution >= 4 is 39.1 Å². The van der Waals surface area contributed by atoms with E-state index in [4.69, 9.17) is 25.5 Å². The summed E-state index contributed by atoms with van der Waals surface area (Å²) in [4.78, 5) is 12.1. The van der Waals surface area contributed by atoms with Gasteiger partial charge in [-0.3, -0.25) is 4.79 Å². The quantitative estimate of drug-likeness (QED) is 0.777. The Balaban J connectivity index is 2.15. The third-order valence-corrected chi connectivity index (χ3v) is 3.29. The zero-order valence-electron chi connectivity index (χ0n) is 11.2. The standard InChI is InChI=1S/C14H13BrClNO4/c1-19-5-6-20-13-10(16)3-2-4-11(13)17-14(18)9-7-12(15)21-8-9/h2-4,7-8H,5-6H2,1H3,(H,17,18). The summed E-state index contributed by atoms with van der Waals surface area (Å²) in [5.74, 6) is 0.0930. The molecule has 0 aliphatic heterocycles. The summed E-state index contributed by atoms with van der Waals surface area (Å²) in [6, 6.07) is 6.70. The fourth-order valence-corrected chi connectivity index (χ4v) is 2.17. The van der Waals surface area contributed by atoms with E-state index in [1.165, 1.54) is 6.26 Å². The van der Waals surface area contributed by atoms with Gasteiger partial charge in [0.2, 0.25) is 0 Å². The normalized spacial score (nSPS) is 10.4. The van der Waals surface area contributed by atoms with Crippen LogP contribution in [0.25, 0.3) is 0 Å². The number of amides is 1. The molecule has 0 atom stereocenters. The molecule has 0 saturated carbocycles. The number of carbonyl (C=O) groups is 1. The number of halogens is 2. The van der Waals surface area contributed by atoms with Gasteiger partial charge >= 0.3 is 0 Å². The number of furan rings is 1. The van der Waals surface area contributed by atoms with Gasteiger partial charge in [-0.1, -0.05) is 17.7 Å². The number of anilines is 1. The van der Waals surface area contributed by atoms with E-state index >= 15 is 0 Å². The summed E-state index contributed by atoms with van der Waals surface area (Å²) >= 11 is 9.25. The summed E-state index contributed by atoms with van der Waals surface area (Å²) in [5.41, 5.74) is 0.880. The van der Waals surface area contributed by atoms with E-state index in [2.05, 4.69) is 21.2 Å². The lowest BCUT2D eigenvalue weighted by molar-refractivity contribution is 0.102. The van der Waals surface area contributed by atoms with Gasteiger partial charge in [-0.2, -0.15) is 0 Å². The molecule has 0 bridgehead atoms. The Morgan fingerprint density at radius 1 is 1.43 bits per heavy atom. The Kier molecular flexibility index (Phi) is 5.67. The molecule has 7 heteroatoms. The van der Waals surface area contributed by atoms with Gasteiger partial charge in [-0.15, -0.1) is 0 Å². The van der Waals surface area contributed by atoms with Crippen molar-refractivity contribution in [1.82, 2.24) is 0 Å². The lowest BCUT2D eigenvalue weighted by atomic mass is 10.2. The molecule has 1 heterocycles. The number of para-hydroxylation sites is 1. The Labute approximate surface area is 135 Å². The highest BCUT2D eigenvalue weighted by Gasteiger charge is 2.14. The molecule has 2 rings (SSSR count). The highest BCUT2D eigenvalue weighted by Crippen LogP contribution is 2.33. The van der Waals surface area contributed by atoms with E-state index in [-0.39, 0.29) is 5.91 Å². The second-order valence-corrected chi connectivity index (χ2v) is 5.24. The maximum Gasteiger partial charge on any atom is 0.259 e. The van der Waals surface area contributed by atoms with Crippen LogP contribution in [0.15, 0.2) is 39.6 Å². The molecule has 0 fully saturated rings. The van der Waals surface area contributed by atoms with Crippen molar-refractivity contribution in [3.63, 3.8) is 0 Å². The van der Waals surface area contributed by atoms with Gasteiger partial charge < -0.3 is 19.2 Å². The van der Waals surface area contributed by atoms with Gasteiger partial charge in [0.05, 0.1) is 22.9 Å². The molecule has 0 aliphatic carbocycles. The molecular formula is C14H13BrClNO4. The molecule has 0 aliphatic rings. The van der Waals surface area contributed by atoms with E-state index in [1.807, 2.05) is 0 Å². The number of carbonyl (C=O) groups excluding carboxylic acids is 1. The van der Waals surface area contributed by atoms with Crippen molar-refractivity contribution in [1.29, 1.82) is 0 Å². The zero-order chi connectivity index (χ0) is 15.2. The fraction of sp³-hybridized carbons (Fsp3) is 0.214. The largest absolute Gasteiger partial charge is 0.487 e. The van der Waals surface area contributed by atoms with Gasteiger partial charge in [0, 0.05) is 13.2 Å². The lowest BCUT2D eigenvalue weighted by Gasteiger charge is -2.13. The molecule has 1 aromatic carbocycles. The molecule has 5 nitrogen and oxygen atoms in total. The molecule has 0 unspecified atom stereocenters. The van der Waals surface area contributed by atoms with Crippen LogP contribution < -0.4 is 10.1 Å². The molecule has 112 valence electrons. The monoisotopic (exact) mass is 373 g/mol. The predicted molar refractivity (Wildman–Crippen MR) is 83.2 cm³/mol. The van der Waals surface area contributed by atoms with Crippen molar-refractivity contribution in [3.8, 4) is 5.75 Å². The van der Waals surface area contributed by atoms with Crippen LogP contribution in [-0.4, -0.2) is 26.2 Å². The smallest absolute Gasteiger partial charge is 0.259 e. The summed E-state index contributed by atoms with van der Waals surface area (Å²) in [5, 5.41) is 3.15. The summed E-state index contributed by atoms with van der Waals surface area (Å²) in [7, 11) is 1.58. The Morgan fingerprint density at radius 2 is 2.24 bits per heavy atom. The first kappa shape index (κ1) is 15.9. The van der Waals surface area contributed by atoms with Gasteiger partial charge in [0.1, 0.15) is 12.9 Å². The maximum absolute atomic E-state index is 12.1. The second-order valence-electron chi connectivity index (χ2n) is 4.05. The molecule has 0 spiro atoms. The molecule has 21 heavy (non-hydrogen) atoms. The summed E-state index contributed by atoms with van der Waals surface area (Å²) in [6.07, 6.45) is 1.36. The average molecular weight is 375 g/mol. The van der Waals surface area contributed by atoms with Crippen LogP contribution in [0.4, 0.5) is 5.69 Å². The first-order chi connectivity index (χ1) is 10.1. The number of ether oxygens (including phenoxy) is 2.